The van der Waals surface area contributed by atoms with Crippen molar-refractivity contribution in [3.8, 4) is 0 Å². The Balaban J connectivity index is 1.79. The minimum Gasteiger partial charge on any atom is -0.530 e. The molecule has 1 aliphatic heterocycles. The SMILES string of the molecule is CC(C)(C)C1CC(Nc2ccc(F)cc2Cc2ccc(Cl)cc2)CCN1C(=O)[O-]. The summed E-state index contributed by atoms with van der Waals surface area (Å²) in [4.78, 5) is 13.0. The molecule has 1 N–H and O–H groups in total. The highest BCUT2D eigenvalue weighted by Crippen LogP contribution is 2.33. The monoisotopic (exact) mass is 417 g/mol. The van der Waals surface area contributed by atoms with E-state index in [4.69, 9.17) is 11.6 Å². The van der Waals surface area contributed by atoms with Crippen LogP contribution in [0.2, 0.25) is 5.02 Å². The Hall–Kier alpha value is -2.27. The first-order chi connectivity index (χ1) is 13.6. The van der Waals surface area contributed by atoms with Gasteiger partial charge in [-0.2, -0.15) is 0 Å². The van der Waals surface area contributed by atoms with Gasteiger partial charge >= 0.3 is 0 Å². The van der Waals surface area contributed by atoms with E-state index in [0.717, 1.165) is 16.8 Å². The van der Waals surface area contributed by atoms with Crippen molar-refractivity contribution in [1.29, 1.82) is 0 Å². The van der Waals surface area contributed by atoms with Gasteiger partial charge in [-0.3, -0.25) is 0 Å². The average molecular weight is 418 g/mol. The summed E-state index contributed by atoms with van der Waals surface area (Å²) in [5.41, 5.74) is 2.58. The van der Waals surface area contributed by atoms with E-state index < -0.39 is 6.09 Å². The lowest BCUT2D eigenvalue weighted by Crippen LogP contribution is -2.57. The number of amides is 1. The first kappa shape index (κ1) is 21.4. The van der Waals surface area contributed by atoms with Crippen LogP contribution in [0.25, 0.3) is 0 Å². The van der Waals surface area contributed by atoms with E-state index in [9.17, 15) is 14.3 Å². The Kier molecular flexibility index (Phi) is 6.37. The number of hydrogen-bond acceptors (Lipinski definition) is 3. The van der Waals surface area contributed by atoms with Crippen molar-refractivity contribution in [2.45, 2.75) is 52.1 Å². The number of nitrogens with zero attached hydrogens (tertiary/aromatic N) is 1. The Labute approximate surface area is 176 Å². The highest BCUT2D eigenvalue weighted by molar-refractivity contribution is 6.30. The summed E-state index contributed by atoms with van der Waals surface area (Å²) in [5, 5.41) is 15.7. The first-order valence-electron chi connectivity index (χ1n) is 9.90. The van der Waals surface area contributed by atoms with Gasteiger partial charge < -0.3 is 20.1 Å². The molecular formula is C23H27ClFN2O2-. The summed E-state index contributed by atoms with van der Waals surface area (Å²) in [6.07, 6.45) is 0.819. The van der Waals surface area contributed by atoms with Crippen LogP contribution in [0.1, 0.15) is 44.7 Å². The van der Waals surface area contributed by atoms with Gasteiger partial charge in [-0.15, -0.1) is 0 Å². The van der Waals surface area contributed by atoms with E-state index in [1.807, 2.05) is 45.0 Å². The molecule has 29 heavy (non-hydrogen) atoms. The number of piperidine rings is 1. The van der Waals surface area contributed by atoms with Crippen LogP contribution in [0.4, 0.5) is 14.9 Å². The van der Waals surface area contributed by atoms with E-state index in [2.05, 4.69) is 5.32 Å². The molecule has 0 spiro atoms. The molecule has 0 aromatic heterocycles. The first-order valence-corrected chi connectivity index (χ1v) is 10.3. The van der Waals surface area contributed by atoms with Crippen molar-refractivity contribution in [1.82, 2.24) is 4.90 Å². The molecule has 1 aliphatic rings. The number of benzene rings is 2. The van der Waals surface area contributed by atoms with Crippen molar-refractivity contribution < 1.29 is 14.3 Å². The van der Waals surface area contributed by atoms with Crippen molar-refractivity contribution in [2.75, 3.05) is 11.9 Å². The molecule has 6 heteroatoms. The van der Waals surface area contributed by atoms with Crippen LogP contribution in [0.15, 0.2) is 42.5 Å². The highest BCUT2D eigenvalue weighted by atomic mass is 35.5. The number of anilines is 1. The predicted octanol–water partition coefficient (Wildman–Crippen LogP) is 4.70. The second-order valence-electron chi connectivity index (χ2n) is 8.81. The maximum absolute atomic E-state index is 13.9. The van der Waals surface area contributed by atoms with Crippen molar-refractivity contribution in [2.24, 2.45) is 5.41 Å². The van der Waals surface area contributed by atoms with Gasteiger partial charge in [-0.1, -0.05) is 44.5 Å². The third-order valence-corrected chi connectivity index (χ3v) is 5.82. The summed E-state index contributed by atoms with van der Waals surface area (Å²) in [6, 6.07) is 12.2. The number of rotatable bonds is 4. The zero-order chi connectivity index (χ0) is 21.2. The molecule has 0 bridgehead atoms. The van der Waals surface area contributed by atoms with Crippen LogP contribution in [0.3, 0.4) is 0 Å². The molecule has 1 heterocycles. The molecule has 1 amide bonds. The maximum atomic E-state index is 13.9. The normalized spacial score (nSPS) is 19.8. The molecule has 0 radical (unpaired) electrons. The summed E-state index contributed by atoms with van der Waals surface area (Å²) >= 11 is 5.96. The van der Waals surface area contributed by atoms with Crippen LogP contribution < -0.4 is 10.4 Å². The predicted molar refractivity (Wildman–Crippen MR) is 113 cm³/mol. The summed E-state index contributed by atoms with van der Waals surface area (Å²) in [7, 11) is 0. The Morgan fingerprint density at radius 1 is 1.24 bits per heavy atom. The van der Waals surface area contributed by atoms with Gasteiger partial charge in [0.1, 0.15) is 11.9 Å². The van der Waals surface area contributed by atoms with Crippen LogP contribution in [-0.4, -0.2) is 29.6 Å². The molecule has 3 rings (SSSR count). The molecule has 0 aliphatic carbocycles. The molecule has 156 valence electrons. The van der Waals surface area contributed by atoms with Crippen molar-refractivity contribution in [3.05, 3.63) is 64.4 Å². The number of carboxylic acid groups (broad SMARTS) is 1. The largest absolute Gasteiger partial charge is 0.530 e. The van der Waals surface area contributed by atoms with Gasteiger partial charge in [0.05, 0.1) is 0 Å². The van der Waals surface area contributed by atoms with Crippen molar-refractivity contribution in [3.63, 3.8) is 0 Å². The van der Waals surface area contributed by atoms with Crippen LogP contribution >= 0.6 is 11.6 Å². The fraction of sp³-hybridized carbons (Fsp3) is 0.435. The van der Waals surface area contributed by atoms with Crippen LogP contribution in [0.5, 0.6) is 0 Å². The second-order valence-corrected chi connectivity index (χ2v) is 9.25. The number of carbonyl (C=O) groups excluding carboxylic acids is 1. The number of carbonyl (C=O) groups is 1. The fourth-order valence-electron chi connectivity index (χ4n) is 4.03. The number of hydrogen-bond donors (Lipinski definition) is 1. The van der Waals surface area contributed by atoms with Crippen molar-refractivity contribution >= 4 is 23.4 Å². The smallest absolute Gasteiger partial charge is 0.137 e. The minimum atomic E-state index is -1.12. The standard InChI is InChI=1S/C23H28ClFN2O2/c1-23(2,3)21-14-19(10-11-27(21)22(28)29)26-20-9-8-18(25)13-16(20)12-15-4-6-17(24)7-5-15/h4-9,13,19,21,26H,10-12,14H2,1-3H3,(H,28,29)/p-1. The van der Waals surface area contributed by atoms with E-state index in [1.165, 1.54) is 11.0 Å². The Bertz CT molecular complexity index is 864. The van der Waals surface area contributed by atoms with Gasteiger partial charge in [0, 0.05) is 29.3 Å². The third-order valence-electron chi connectivity index (χ3n) is 5.57. The van der Waals surface area contributed by atoms with E-state index in [-0.39, 0.29) is 23.3 Å². The van der Waals surface area contributed by atoms with Gasteiger partial charge in [-0.05, 0) is 66.1 Å². The molecule has 1 fully saturated rings. The van der Waals surface area contributed by atoms with Crippen LogP contribution in [-0.2, 0) is 6.42 Å². The highest BCUT2D eigenvalue weighted by Gasteiger charge is 2.36. The minimum absolute atomic E-state index is 0.101. The van der Waals surface area contributed by atoms with Crippen LogP contribution in [0, 0.1) is 11.2 Å². The van der Waals surface area contributed by atoms with Gasteiger partial charge in [0.25, 0.3) is 0 Å². The van der Waals surface area contributed by atoms with Gasteiger partial charge in [0.15, 0.2) is 0 Å². The maximum Gasteiger partial charge on any atom is 0.137 e. The van der Waals surface area contributed by atoms with E-state index in [1.54, 1.807) is 12.1 Å². The third kappa shape index (κ3) is 5.41. The molecule has 4 nitrogen and oxygen atoms in total. The molecule has 2 aromatic rings. The quantitative estimate of drug-likeness (QED) is 0.784. The second kappa shape index (κ2) is 8.62. The topological polar surface area (TPSA) is 55.4 Å². The lowest BCUT2D eigenvalue weighted by atomic mass is 9.79. The number of likely N-dealkylation sites (tertiary alicyclic amines) is 1. The lowest BCUT2D eigenvalue weighted by molar-refractivity contribution is -0.271. The molecule has 2 unspecified atom stereocenters. The fourth-order valence-corrected chi connectivity index (χ4v) is 4.15. The van der Waals surface area contributed by atoms with Gasteiger partial charge in [0.2, 0.25) is 0 Å². The lowest BCUT2D eigenvalue weighted by Gasteiger charge is -2.47. The summed E-state index contributed by atoms with van der Waals surface area (Å²) in [6.45, 7) is 6.55. The molecular weight excluding hydrogens is 391 g/mol. The van der Waals surface area contributed by atoms with E-state index >= 15 is 0 Å². The Morgan fingerprint density at radius 3 is 2.55 bits per heavy atom. The van der Waals surface area contributed by atoms with Gasteiger partial charge in [-0.25, -0.2) is 4.39 Å². The molecule has 2 atom stereocenters. The average Bonchev–Trinajstić information content (AvgIpc) is 2.65. The molecule has 1 saturated heterocycles. The Morgan fingerprint density at radius 2 is 1.93 bits per heavy atom. The molecule has 2 aromatic carbocycles. The zero-order valence-electron chi connectivity index (χ0n) is 17.0. The number of nitrogens with one attached hydrogen (secondary N) is 1. The molecule has 0 saturated carbocycles. The summed E-state index contributed by atoms with van der Waals surface area (Å²) < 4.78 is 13.9. The zero-order valence-corrected chi connectivity index (χ0v) is 17.8. The van der Waals surface area contributed by atoms with E-state index in [0.29, 0.717) is 30.8 Å². The summed E-state index contributed by atoms with van der Waals surface area (Å²) in [5.74, 6) is -0.279. The number of halogens is 2.